The van der Waals surface area contributed by atoms with Gasteiger partial charge in [0.25, 0.3) is 0 Å². The molecule has 2 heterocycles. The molecule has 0 aliphatic carbocycles. The summed E-state index contributed by atoms with van der Waals surface area (Å²) in [6.07, 6.45) is 4.88. The Morgan fingerprint density at radius 3 is 2.64 bits per heavy atom. The van der Waals surface area contributed by atoms with Crippen LogP contribution in [0, 0.1) is 11.8 Å². The summed E-state index contributed by atoms with van der Waals surface area (Å²) >= 11 is 0. The molecule has 2 atom stereocenters. The minimum atomic E-state index is 0.291. The summed E-state index contributed by atoms with van der Waals surface area (Å²) in [5.74, 6) is 1.66. The zero-order valence-electron chi connectivity index (χ0n) is 8.74. The Hall–Kier alpha value is -0.120. The van der Waals surface area contributed by atoms with Crippen molar-refractivity contribution in [1.82, 2.24) is 5.32 Å². The molecule has 0 bridgehead atoms. The summed E-state index contributed by atoms with van der Waals surface area (Å²) in [6, 6.07) is 0.344. The largest absolute Gasteiger partial charge is 0.395 e. The molecule has 0 spiro atoms. The van der Waals surface area contributed by atoms with Crippen molar-refractivity contribution >= 4 is 0 Å². The average molecular weight is 199 g/mol. The lowest BCUT2D eigenvalue weighted by molar-refractivity contribution is 0.0338. The van der Waals surface area contributed by atoms with E-state index in [9.17, 15) is 0 Å². The Kier molecular flexibility index (Phi) is 3.79. The summed E-state index contributed by atoms with van der Waals surface area (Å²) in [7, 11) is 0. The molecule has 14 heavy (non-hydrogen) atoms. The molecule has 2 aliphatic heterocycles. The van der Waals surface area contributed by atoms with Crippen LogP contribution in [0.25, 0.3) is 0 Å². The maximum absolute atomic E-state index is 9.12. The minimum Gasteiger partial charge on any atom is -0.395 e. The van der Waals surface area contributed by atoms with Gasteiger partial charge in [0, 0.05) is 19.3 Å². The molecule has 2 aliphatic rings. The maximum Gasteiger partial charge on any atom is 0.0584 e. The summed E-state index contributed by atoms with van der Waals surface area (Å²) in [4.78, 5) is 0. The van der Waals surface area contributed by atoms with Crippen molar-refractivity contribution < 1.29 is 9.84 Å². The van der Waals surface area contributed by atoms with Crippen molar-refractivity contribution in [3.05, 3.63) is 0 Å². The maximum atomic E-state index is 9.12. The minimum absolute atomic E-state index is 0.291. The van der Waals surface area contributed by atoms with E-state index in [1.54, 1.807) is 0 Å². The molecule has 82 valence electrons. The van der Waals surface area contributed by atoms with Crippen LogP contribution in [0.2, 0.25) is 0 Å². The normalized spacial score (nSPS) is 35.8. The first-order chi connectivity index (χ1) is 6.90. The van der Waals surface area contributed by atoms with Gasteiger partial charge in [-0.3, -0.25) is 0 Å². The zero-order chi connectivity index (χ0) is 9.80. The second-order valence-corrected chi connectivity index (χ2v) is 4.57. The van der Waals surface area contributed by atoms with Crippen LogP contribution in [0.3, 0.4) is 0 Å². The number of nitrogens with one attached hydrogen (secondary N) is 1. The number of ether oxygens (including phenoxy) is 1. The highest BCUT2D eigenvalue weighted by molar-refractivity contribution is 4.82. The topological polar surface area (TPSA) is 41.5 Å². The Labute approximate surface area is 85.8 Å². The fraction of sp³-hybridized carbons (Fsp3) is 1.00. The lowest BCUT2D eigenvalue weighted by Gasteiger charge is -2.36. The standard InChI is InChI=1S/C11H21NO2/c13-8-11-7-10(1-4-12-11)9-2-5-14-6-3-9/h9-13H,1-8H2. The number of piperidine rings is 1. The number of aliphatic hydroxyl groups is 1. The van der Waals surface area contributed by atoms with Crippen molar-refractivity contribution in [3.63, 3.8) is 0 Å². The Bertz CT molecular complexity index is 169. The van der Waals surface area contributed by atoms with E-state index in [0.29, 0.717) is 12.6 Å². The van der Waals surface area contributed by atoms with Gasteiger partial charge in [0.2, 0.25) is 0 Å². The van der Waals surface area contributed by atoms with Crippen LogP contribution < -0.4 is 5.32 Å². The molecule has 0 aromatic heterocycles. The van der Waals surface area contributed by atoms with Gasteiger partial charge in [0.1, 0.15) is 0 Å². The van der Waals surface area contributed by atoms with Gasteiger partial charge in [-0.25, -0.2) is 0 Å². The fourth-order valence-corrected chi connectivity index (χ4v) is 2.79. The molecule has 2 fully saturated rings. The van der Waals surface area contributed by atoms with Crippen molar-refractivity contribution in [2.24, 2.45) is 11.8 Å². The molecule has 2 unspecified atom stereocenters. The molecular weight excluding hydrogens is 178 g/mol. The predicted octanol–water partition coefficient (Wildman–Crippen LogP) is 0.773. The van der Waals surface area contributed by atoms with Crippen LogP contribution in [0.1, 0.15) is 25.7 Å². The van der Waals surface area contributed by atoms with Gasteiger partial charge in [0.05, 0.1) is 6.61 Å². The Morgan fingerprint density at radius 2 is 1.93 bits per heavy atom. The molecule has 0 amide bonds. The monoisotopic (exact) mass is 199 g/mol. The van der Waals surface area contributed by atoms with Gasteiger partial charge in [-0.05, 0) is 44.1 Å². The highest BCUT2D eigenvalue weighted by Gasteiger charge is 2.28. The third kappa shape index (κ3) is 2.47. The SMILES string of the molecule is OCC1CC(C2CCOCC2)CCN1. The first-order valence-corrected chi connectivity index (χ1v) is 5.82. The van der Waals surface area contributed by atoms with E-state index in [2.05, 4.69) is 5.32 Å². The third-order valence-electron chi connectivity index (χ3n) is 3.69. The first kappa shape index (κ1) is 10.4. The molecule has 0 aromatic carbocycles. The molecular formula is C11H21NO2. The smallest absolute Gasteiger partial charge is 0.0584 e. The molecule has 3 nitrogen and oxygen atoms in total. The van der Waals surface area contributed by atoms with E-state index in [4.69, 9.17) is 9.84 Å². The summed E-state index contributed by atoms with van der Waals surface area (Å²) in [6.45, 7) is 3.25. The second kappa shape index (κ2) is 5.10. The van der Waals surface area contributed by atoms with Crippen LogP contribution in [0.5, 0.6) is 0 Å². The van der Waals surface area contributed by atoms with Gasteiger partial charge >= 0.3 is 0 Å². The van der Waals surface area contributed by atoms with Gasteiger partial charge < -0.3 is 15.2 Å². The number of aliphatic hydroxyl groups excluding tert-OH is 1. The highest BCUT2D eigenvalue weighted by Crippen LogP contribution is 2.31. The molecule has 2 saturated heterocycles. The van der Waals surface area contributed by atoms with Crippen LogP contribution in [-0.2, 0) is 4.74 Å². The first-order valence-electron chi connectivity index (χ1n) is 5.82. The van der Waals surface area contributed by atoms with Crippen LogP contribution in [0.4, 0.5) is 0 Å². The summed E-state index contributed by atoms with van der Waals surface area (Å²) in [5, 5.41) is 12.5. The highest BCUT2D eigenvalue weighted by atomic mass is 16.5. The van der Waals surface area contributed by atoms with E-state index >= 15 is 0 Å². The Balaban J connectivity index is 1.83. The molecule has 0 saturated carbocycles. The number of hydrogen-bond acceptors (Lipinski definition) is 3. The zero-order valence-corrected chi connectivity index (χ0v) is 8.74. The average Bonchev–Trinajstić information content (AvgIpc) is 2.30. The van der Waals surface area contributed by atoms with E-state index < -0.39 is 0 Å². The lowest BCUT2D eigenvalue weighted by atomic mass is 9.78. The van der Waals surface area contributed by atoms with E-state index in [0.717, 1.165) is 38.0 Å². The van der Waals surface area contributed by atoms with Gasteiger partial charge in [-0.15, -0.1) is 0 Å². The quantitative estimate of drug-likeness (QED) is 0.690. The molecule has 3 heteroatoms. The van der Waals surface area contributed by atoms with Crippen LogP contribution in [-0.4, -0.2) is 37.5 Å². The molecule has 0 radical (unpaired) electrons. The molecule has 2 rings (SSSR count). The Morgan fingerprint density at radius 1 is 1.14 bits per heavy atom. The second-order valence-electron chi connectivity index (χ2n) is 4.57. The van der Waals surface area contributed by atoms with Gasteiger partial charge in [-0.1, -0.05) is 0 Å². The van der Waals surface area contributed by atoms with Crippen molar-refractivity contribution in [2.45, 2.75) is 31.7 Å². The van der Waals surface area contributed by atoms with E-state index in [1.807, 2.05) is 0 Å². The number of rotatable bonds is 2. The van der Waals surface area contributed by atoms with Crippen molar-refractivity contribution in [1.29, 1.82) is 0 Å². The number of hydrogen-bond donors (Lipinski definition) is 2. The summed E-state index contributed by atoms with van der Waals surface area (Å²) in [5.41, 5.74) is 0. The van der Waals surface area contributed by atoms with Gasteiger partial charge in [0.15, 0.2) is 0 Å². The molecule has 2 N–H and O–H groups in total. The third-order valence-corrected chi connectivity index (χ3v) is 3.69. The van der Waals surface area contributed by atoms with Gasteiger partial charge in [-0.2, -0.15) is 0 Å². The van der Waals surface area contributed by atoms with Crippen LogP contribution in [0.15, 0.2) is 0 Å². The van der Waals surface area contributed by atoms with Crippen molar-refractivity contribution in [2.75, 3.05) is 26.4 Å². The van der Waals surface area contributed by atoms with Crippen LogP contribution >= 0.6 is 0 Å². The molecule has 0 aromatic rings. The van der Waals surface area contributed by atoms with E-state index in [-0.39, 0.29) is 0 Å². The fourth-order valence-electron chi connectivity index (χ4n) is 2.79. The van der Waals surface area contributed by atoms with E-state index in [1.165, 1.54) is 19.3 Å². The lowest BCUT2D eigenvalue weighted by Crippen LogP contribution is -2.43. The van der Waals surface area contributed by atoms with Crippen molar-refractivity contribution in [3.8, 4) is 0 Å². The predicted molar refractivity (Wildman–Crippen MR) is 55.1 cm³/mol. The summed E-state index contributed by atoms with van der Waals surface area (Å²) < 4.78 is 5.38.